The van der Waals surface area contributed by atoms with E-state index in [1.54, 1.807) is 7.11 Å². The van der Waals surface area contributed by atoms with E-state index in [2.05, 4.69) is 5.32 Å². The molecule has 1 heterocycles. The number of amides is 1. The first-order valence-corrected chi connectivity index (χ1v) is 6.70. The van der Waals surface area contributed by atoms with Crippen molar-refractivity contribution < 1.29 is 19.0 Å². The predicted molar refractivity (Wildman–Crippen MR) is 75.0 cm³/mol. The summed E-state index contributed by atoms with van der Waals surface area (Å²) in [6.45, 7) is 5.04. The summed E-state index contributed by atoms with van der Waals surface area (Å²) in [5.74, 6) is 0.537. The minimum absolute atomic E-state index is 0.00453. The van der Waals surface area contributed by atoms with Crippen molar-refractivity contribution in [2.45, 2.75) is 26.0 Å². The average molecular weight is 279 g/mol. The molecule has 1 N–H and O–H groups in total. The Balaban J connectivity index is 1.81. The van der Waals surface area contributed by atoms with E-state index in [1.807, 2.05) is 32.0 Å². The molecule has 110 valence electrons. The summed E-state index contributed by atoms with van der Waals surface area (Å²) >= 11 is 0. The van der Waals surface area contributed by atoms with Crippen molar-refractivity contribution in [1.82, 2.24) is 5.32 Å². The first-order chi connectivity index (χ1) is 9.60. The summed E-state index contributed by atoms with van der Waals surface area (Å²) < 4.78 is 16.0. The molecule has 1 amide bonds. The highest BCUT2D eigenvalue weighted by Gasteiger charge is 2.29. The lowest BCUT2D eigenvalue weighted by Crippen LogP contribution is -2.45. The lowest BCUT2D eigenvalue weighted by molar-refractivity contribution is -0.124. The highest BCUT2D eigenvalue weighted by atomic mass is 16.5. The van der Waals surface area contributed by atoms with Gasteiger partial charge in [-0.3, -0.25) is 4.79 Å². The van der Waals surface area contributed by atoms with Crippen molar-refractivity contribution in [3.05, 3.63) is 29.3 Å². The van der Waals surface area contributed by atoms with Crippen LogP contribution >= 0.6 is 0 Å². The van der Waals surface area contributed by atoms with Gasteiger partial charge in [-0.05, 0) is 37.1 Å². The van der Waals surface area contributed by atoms with Crippen LogP contribution in [0.4, 0.5) is 0 Å². The molecule has 5 nitrogen and oxygen atoms in total. The van der Waals surface area contributed by atoms with Gasteiger partial charge in [-0.15, -0.1) is 0 Å². The third-order valence-electron chi connectivity index (χ3n) is 3.53. The average Bonchev–Trinajstić information content (AvgIpc) is 2.87. The molecule has 0 radical (unpaired) electrons. The molecule has 0 saturated carbocycles. The molecule has 0 spiro atoms. The Morgan fingerprint density at radius 1 is 1.35 bits per heavy atom. The maximum absolute atomic E-state index is 11.8. The number of carbonyl (C=O) groups excluding carboxylic acids is 1. The third-order valence-corrected chi connectivity index (χ3v) is 3.53. The van der Waals surface area contributed by atoms with Crippen LogP contribution in [-0.2, 0) is 14.3 Å². The summed E-state index contributed by atoms with van der Waals surface area (Å²) in [6.07, 6.45) is -0.0828. The van der Waals surface area contributed by atoms with Gasteiger partial charge in [-0.1, -0.05) is 6.07 Å². The zero-order chi connectivity index (χ0) is 14.5. The Morgan fingerprint density at radius 3 is 2.85 bits per heavy atom. The number of ether oxygens (including phenoxy) is 3. The van der Waals surface area contributed by atoms with Gasteiger partial charge in [-0.2, -0.15) is 0 Å². The van der Waals surface area contributed by atoms with Gasteiger partial charge in [0.15, 0.2) is 6.61 Å². The van der Waals surface area contributed by atoms with Crippen LogP contribution in [0.5, 0.6) is 5.75 Å². The van der Waals surface area contributed by atoms with Crippen LogP contribution < -0.4 is 10.1 Å². The zero-order valence-corrected chi connectivity index (χ0v) is 12.1. The molecular formula is C15H21NO4. The Hall–Kier alpha value is -1.59. The number of hydrogen-bond donors (Lipinski definition) is 1. The molecule has 2 atom stereocenters. The molecule has 0 aliphatic carbocycles. The largest absolute Gasteiger partial charge is 0.484 e. The minimum Gasteiger partial charge on any atom is -0.484 e. The second kappa shape index (κ2) is 6.72. The van der Waals surface area contributed by atoms with Crippen LogP contribution in [-0.4, -0.2) is 45.0 Å². The van der Waals surface area contributed by atoms with Crippen LogP contribution in [0.2, 0.25) is 0 Å². The Morgan fingerprint density at radius 2 is 2.15 bits per heavy atom. The second-order valence-corrected chi connectivity index (χ2v) is 5.02. The molecule has 20 heavy (non-hydrogen) atoms. The summed E-state index contributed by atoms with van der Waals surface area (Å²) in [7, 11) is 1.62. The standard InChI is InChI=1S/C15H21NO4/c1-10-4-5-12(6-11(10)2)20-9-15(17)16-13-7-19-8-14(13)18-3/h4-6,13-14H,7-9H2,1-3H3,(H,16,17)/t13-,14-/m0/s1. The van der Waals surface area contributed by atoms with E-state index in [1.165, 1.54) is 5.56 Å². The Labute approximate surface area is 119 Å². The topological polar surface area (TPSA) is 56.8 Å². The first kappa shape index (κ1) is 14.8. The molecule has 0 unspecified atom stereocenters. The molecule has 1 fully saturated rings. The fourth-order valence-electron chi connectivity index (χ4n) is 2.10. The van der Waals surface area contributed by atoms with E-state index in [0.717, 1.165) is 5.56 Å². The summed E-state index contributed by atoms with van der Waals surface area (Å²) in [4.78, 5) is 11.8. The summed E-state index contributed by atoms with van der Waals surface area (Å²) in [5, 5.41) is 2.86. The number of rotatable bonds is 5. The van der Waals surface area contributed by atoms with Gasteiger partial charge < -0.3 is 19.5 Å². The van der Waals surface area contributed by atoms with Crippen LogP contribution in [0.15, 0.2) is 18.2 Å². The van der Waals surface area contributed by atoms with Crippen LogP contribution in [0.1, 0.15) is 11.1 Å². The molecule has 2 rings (SSSR count). The Kier molecular flexibility index (Phi) is 4.98. The van der Waals surface area contributed by atoms with E-state index < -0.39 is 0 Å². The molecule has 1 aromatic rings. The summed E-state index contributed by atoms with van der Waals surface area (Å²) in [6, 6.07) is 5.68. The molecule has 1 aliphatic heterocycles. The van der Waals surface area contributed by atoms with Crippen molar-refractivity contribution >= 4 is 5.91 Å². The number of carbonyl (C=O) groups is 1. The third kappa shape index (κ3) is 3.71. The lowest BCUT2D eigenvalue weighted by atomic mass is 10.1. The zero-order valence-electron chi connectivity index (χ0n) is 12.1. The Bertz CT molecular complexity index is 475. The minimum atomic E-state index is -0.166. The normalized spacial score (nSPS) is 21.8. The number of methoxy groups -OCH3 is 1. The van der Waals surface area contributed by atoms with E-state index in [-0.39, 0.29) is 24.7 Å². The van der Waals surface area contributed by atoms with Gasteiger partial charge in [0.05, 0.1) is 19.3 Å². The van der Waals surface area contributed by atoms with Crippen molar-refractivity contribution in [2.75, 3.05) is 26.9 Å². The fourth-order valence-corrected chi connectivity index (χ4v) is 2.10. The van der Waals surface area contributed by atoms with Crippen LogP contribution in [0.25, 0.3) is 0 Å². The van der Waals surface area contributed by atoms with Gasteiger partial charge >= 0.3 is 0 Å². The number of benzene rings is 1. The van der Waals surface area contributed by atoms with Crippen molar-refractivity contribution in [2.24, 2.45) is 0 Å². The molecule has 1 aliphatic rings. The van der Waals surface area contributed by atoms with Gasteiger partial charge in [0.25, 0.3) is 5.91 Å². The van der Waals surface area contributed by atoms with Crippen molar-refractivity contribution in [1.29, 1.82) is 0 Å². The van der Waals surface area contributed by atoms with E-state index in [0.29, 0.717) is 19.0 Å². The van der Waals surface area contributed by atoms with E-state index >= 15 is 0 Å². The molecule has 0 bridgehead atoms. The van der Waals surface area contributed by atoms with E-state index in [9.17, 15) is 4.79 Å². The van der Waals surface area contributed by atoms with Crippen LogP contribution in [0.3, 0.4) is 0 Å². The van der Waals surface area contributed by atoms with Gasteiger partial charge in [0.2, 0.25) is 0 Å². The van der Waals surface area contributed by atoms with Crippen molar-refractivity contribution in [3.63, 3.8) is 0 Å². The smallest absolute Gasteiger partial charge is 0.258 e. The number of hydrogen-bond acceptors (Lipinski definition) is 4. The molecular weight excluding hydrogens is 258 g/mol. The predicted octanol–water partition coefficient (Wildman–Crippen LogP) is 1.21. The molecule has 1 aromatic carbocycles. The maximum atomic E-state index is 11.8. The van der Waals surface area contributed by atoms with E-state index in [4.69, 9.17) is 14.2 Å². The summed E-state index contributed by atoms with van der Waals surface area (Å²) in [5.41, 5.74) is 2.35. The molecule has 1 saturated heterocycles. The quantitative estimate of drug-likeness (QED) is 0.880. The molecule has 5 heteroatoms. The SMILES string of the molecule is CO[C@H]1COC[C@@H]1NC(=O)COc1ccc(C)c(C)c1. The number of aryl methyl sites for hydroxylation is 2. The highest BCUT2D eigenvalue weighted by molar-refractivity contribution is 5.78. The second-order valence-electron chi connectivity index (χ2n) is 5.02. The highest BCUT2D eigenvalue weighted by Crippen LogP contribution is 2.16. The fraction of sp³-hybridized carbons (Fsp3) is 0.533. The van der Waals surface area contributed by atoms with Crippen molar-refractivity contribution in [3.8, 4) is 5.75 Å². The van der Waals surface area contributed by atoms with Crippen LogP contribution in [0, 0.1) is 13.8 Å². The monoisotopic (exact) mass is 279 g/mol. The number of nitrogens with one attached hydrogen (secondary N) is 1. The van der Waals surface area contributed by atoms with Gasteiger partial charge in [-0.25, -0.2) is 0 Å². The van der Waals surface area contributed by atoms with Gasteiger partial charge in [0, 0.05) is 7.11 Å². The van der Waals surface area contributed by atoms with Gasteiger partial charge in [0.1, 0.15) is 11.9 Å². The molecule has 0 aromatic heterocycles. The maximum Gasteiger partial charge on any atom is 0.258 e. The lowest BCUT2D eigenvalue weighted by Gasteiger charge is -2.17. The first-order valence-electron chi connectivity index (χ1n) is 6.70.